The fraction of sp³-hybridized carbons (Fsp3) is 0.571. The van der Waals surface area contributed by atoms with Crippen molar-refractivity contribution in [2.75, 3.05) is 39.3 Å². The minimum absolute atomic E-state index is 0.103. The van der Waals surface area contributed by atoms with Gasteiger partial charge in [0, 0.05) is 38.8 Å². The summed E-state index contributed by atoms with van der Waals surface area (Å²) < 4.78 is 5.24. The lowest BCUT2D eigenvalue weighted by Crippen LogP contribution is -2.44. The van der Waals surface area contributed by atoms with Crippen LogP contribution in [0.25, 0.3) is 0 Å². The topological polar surface area (TPSA) is 87.9 Å². The highest BCUT2D eigenvalue weighted by atomic mass is 16.6. The Morgan fingerprint density at radius 1 is 1.48 bits per heavy atom. The summed E-state index contributed by atoms with van der Waals surface area (Å²) in [7, 11) is 0. The summed E-state index contributed by atoms with van der Waals surface area (Å²) in [6.45, 7) is 6.16. The van der Waals surface area contributed by atoms with Gasteiger partial charge in [-0.2, -0.15) is 0 Å². The van der Waals surface area contributed by atoms with Crippen LogP contribution in [0, 0.1) is 10.1 Å². The number of nitrogens with zero attached hydrogens (tertiary/aromatic N) is 2. The van der Waals surface area contributed by atoms with E-state index in [1.807, 2.05) is 0 Å². The van der Waals surface area contributed by atoms with Crippen LogP contribution in [0.4, 0.5) is 5.69 Å². The lowest BCUT2D eigenvalue weighted by molar-refractivity contribution is -0.386. The third kappa shape index (κ3) is 4.13. The molecule has 1 heterocycles. The number of nitro groups is 1. The maximum absolute atomic E-state index is 11.1. The van der Waals surface area contributed by atoms with E-state index in [-0.39, 0.29) is 11.4 Å². The number of piperazine rings is 1. The van der Waals surface area contributed by atoms with Gasteiger partial charge in [0.15, 0.2) is 5.75 Å². The highest BCUT2D eigenvalue weighted by Gasteiger charge is 2.21. The molecule has 1 fully saturated rings. The van der Waals surface area contributed by atoms with Crippen molar-refractivity contribution in [2.45, 2.75) is 13.0 Å². The molecule has 0 amide bonds. The van der Waals surface area contributed by atoms with E-state index >= 15 is 0 Å². The molecule has 21 heavy (non-hydrogen) atoms. The monoisotopic (exact) mass is 295 g/mol. The molecule has 0 radical (unpaired) electrons. The van der Waals surface area contributed by atoms with Gasteiger partial charge in [0.25, 0.3) is 0 Å². The van der Waals surface area contributed by atoms with Crippen molar-refractivity contribution in [1.29, 1.82) is 0 Å². The van der Waals surface area contributed by atoms with E-state index in [1.165, 1.54) is 6.07 Å². The van der Waals surface area contributed by atoms with Crippen molar-refractivity contribution in [3.8, 4) is 5.75 Å². The van der Waals surface area contributed by atoms with Crippen LogP contribution in [0.1, 0.15) is 18.6 Å². The Bertz CT molecular complexity index is 489. The predicted molar refractivity (Wildman–Crippen MR) is 78.5 cm³/mol. The van der Waals surface area contributed by atoms with Gasteiger partial charge in [-0.05, 0) is 18.6 Å². The Labute approximate surface area is 123 Å². The summed E-state index contributed by atoms with van der Waals surface area (Å²) in [5.74, 6) is 0.237. The highest BCUT2D eigenvalue weighted by molar-refractivity contribution is 5.49. The molecule has 2 rings (SSSR count). The zero-order valence-electron chi connectivity index (χ0n) is 12.1. The average molecular weight is 295 g/mol. The molecular weight excluding hydrogens is 274 g/mol. The van der Waals surface area contributed by atoms with Crippen molar-refractivity contribution < 1.29 is 14.8 Å². The molecule has 1 aliphatic heterocycles. The van der Waals surface area contributed by atoms with E-state index in [9.17, 15) is 15.2 Å². The van der Waals surface area contributed by atoms with Crippen LogP contribution in [-0.2, 0) is 0 Å². The first-order valence-electron chi connectivity index (χ1n) is 7.14. The molecular formula is C14H21N3O4. The zero-order chi connectivity index (χ0) is 15.2. The maximum Gasteiger partial charge on any atom is 0.311 e. The number of hydrogen-bond donors (Lipinski definition) is 2. The van der Waals surface area contributed by atoms with Gasteiger partial charge >= 0.3 is 5.69 Å². The van der Waals surface area contributed by atoms with E-state index < -0.39 is 11.0 Å². The normalized spacial score (nSPS) is 17.4. The summed E-state index contributed by atoms with van der Waals surface area (Å²) >= 11 is 0. The number of nitro benzene ring substituents is 1. The standard InChI is InChI=1S/C14H21N3O4/c1-2-21-14-4-3-11(9-12(14)17(19)20)13(18)10-16-7-5-15-6-8-16/h3-4,9,13,15,18H,2,5-8,10H2,1H3. The smallest absolute Gasteiger partial charge is 0.311 e. The van der Waals surface area contributed by atoms with E-state index in [1.54, 1.807) is 19.1 Å². The molecule has 1 aromatic rings. The second kappa shape index (κ2) is 7.35. The molecule has 0 aromatic heterocycles. The van der Waals surface area contributed by atoms with E-state index in [2.05, 4.69) is 10.2 Å². The van der Waals surface area contributed by atoms with Gasteiger partial charge in [-0.1, -0.05) is 6.07 Å². The number of hydrogen-bond acceptors (Lipinski definition) is 6. The third-order valence-electron chi connectivity index (χ3n) is 3.51. The number of aliphatic hydroxyl groups excluding tert-OH is 1. The predicted octanol–water partition coefficient (Wildman–Crippen LogP) is 0.932. The number of rotatable bonds is 6. The van der Waals surface area contributed by atoms with Crippen molar-refractivity contribution in [3.05, 3.63) is 33.9 Å². The number of β-amino-alcohol motifs (C(OH)–C–C–N with tert-alkyl or cyclic N) is 1. The first kappa shape index (κ1) is 15.7. The number of nitrogens with one attached hydrogen (secondary N) is 1. The molecule has 2 N–H and O–H groups in total. The summed E-state index contributed by atoms with van der Waals surface area (Å²) in [5, 5.41) is 24.6. The zero-order valence-corrected chi connectivity index (χ0v) is 12.1. The van der Waals surface area contributed by atoms with Gasteiger partial charge in [0.1, 0.15) is 0 Å². The molecule has 1 saturated heterocycles. The first-order valence-corrected chi connectivity index (χ1v) is 7.14. The summed E-state index contributed by atoms with van der Waals surface area (Å²) in [4.78, 5) is 12.7. The van der Waals surface area contributed by atoms with Gasteiger partial charge < -0.3 is 15.2 Å². The molecule has 116 valence electrons. The van der Waals surface area contributed by atoms with Crippen molar-refractivity contribution in [3.63, 3.8) is 0 Å². The van der Waals surface area contributed by atoms with Crippen LogP contribution < -0.4 is 10.1 Å². The third-order valence-corrected chi connectivity index (χ3v) is 3.51. The lowest BCUT2D eigenvalue weighted by atomic mass is 10.1. The number of ether oxygens (including phenoxy) is 1. The SMILES string of the molecule is CCOc1ccc(C(O)CN2CCNCC2)cc1[N+](=O)[O-]. The van der Waals surface area contributed by atoms with Crippen LogP contribution >= 0.6 is 0 Å². The van der Waals surface area contributed by atoms with Gasteiger partial charge in [-0.15, -0.1) is 0 Å². The Morgan fingerprint density at radius 3 is 2.81 bits per heavy atom. The van der Waals surface area contributed by atoms with E-state index in [0.29, 0.717) is 18.7 Å². The second-order valence-corrected chi connectivity index (χ2v) is 4.98. The lowest BCUT2D eigenvalue weighted by Gasteiger charge is -2.29. The van der Waals surface area contributed by atoms with Crippen LogP contribution in [-0.4, -0.2) is 54.3 Å². The Morgan fingerprint density at radius 2 is 2.19 bits per heavy atom. The molecule has 1 atom stereocenters. The molecule has 1 aliphatic rings. The highest BCUT2D eigenvalue weighted by Crippen LogP contribution is 2.30. The number of benzene rings is 1. The Hall–Kier alpha value is -1.70. The van der Waals surface area contributed by atoms with Crippen molar-refractivity contribution >= 4 is 5.69 Å². The molecule has 0 aliphatic carbocycles. The van der Waals surface area contributed by atoms with Crippen molar-refractivity contribution in [1.82, 2.24) is 10.2 Å². The Balaban J connectivity index is 2.11. The van der Waals surface area contributed by atoms with E-state index in [4.69, 9.17) is 4.74 Å². The molecule has 0 saturated carbocycles. The average Bonchev–Trinajstić information content (AvgIpc) is 2.48. The van der Waals surface area contributed by atoms with Crippen LogP contribution in [0.15, 0.2) is 18.2 Å². The molecule has 7 heteroatoms. The van der Waals surface area contributed by atoms with Crippen LogP contribution in [0.2, 0.25) is 0 Å². The van der Waals surface area contributed by atoms with Gasteiger partial charge in [-0.3, -0.25) is 15.0 Å². The van der Waals surface area contributed by atoms with Crippen LogP contribution in [0.3, 0.4) is 0 Å². The van der Waals surface area contributed by atoms with Crippen LogP contribution in [0.5, 0.6) is 5.75 Å². The fourth-order valence-electron chi connectivity index (χ4n) is 2.41. The van der Waals surface area contributed by atoms with Crippen molar-refractivity contribution in [2.24, 2.45) is 0 Å². The summed E-state index contributed by atoms with van der Waals surface area (Å²) in [6, 6.07) is 4.64. The molecule has 7 nitrogen and oxygen atoms in total. The molecule has 0 bridgehead atoms. The maximum atomic E-state index is 11.1. The minimum Gasteiger partial charge on any atom is -0.487 e. The first-order chi connectivity index (χ1) is 10.1. The summed E-state index contributed by atoms with van der Waals surface area (Å²) in [5.41, 5.74) is 0.442. The molecule has 0 spiro atoms. The molecule has 1 unspecified atom stereocenters. The quantitative estimate of drug-likeness (QED) is 0.599. The largest absolute Gasteiger partial charge is 0.487 e. The summed E-state index contributed by atoms with van der Waals surface area (Å²) in [6.07, 6.45) is -0.738. The number of aliphatic hydroxyl groups is 1. The van der Waals surface area contributed by atoms with Gasteiger partial charge in [0.2, 0.25) is 0 Å². The second-order valence-electron chi connectivity index (χ2n) is 4.98. The molecule has 1 aromatic carbocycles. The minimum atomic E-state index is -0.738. The fourth-order valence-corrected chi connectivity index (χ4v) is 2.41. The Kier molecular flexibility index (Phi) is 5.49. The van der Waals surface area contributed by atoms with Gasteiger partial charge in [0.05, 0.1) is 17.6 Å². The van der Waals surface area contributed by atoms with E-state index in [0.717, 1.165) is 26.2 Å². The van der Waals surface area contributed by atoms with Gasteiger partial charge in [-0.25, -0.2) is 0 Å².